The Labute approximate surface area is 238 Å². The van der Waals surface area contributed by atoms with Crippen LogP contribution in [0, 0.1) is 0 Å². The molecule has 0 spiro atoms. The van der Waals surface area contributed by atoms with Gasteiger partial charge in [0.2, 0.25) is 5.91 Å². The number of nitrogens with one attached hydrogen (secondary N) is 1. The number of hydrogen-bond donors (Lipinski definition) is 1. The molecule has 7 heteroatoms. The fraction of sp³-hybridized carbons (Fsp3) is 0.152. The zero-order chi connectivity index (χ0) is 27.8. The van der Waals surface area contributed by atoms with Gasteiger partial charge >= 0.3 is 6.03 Å². The molecule has 0 saturated heterocycles. The van der Waals surface area contributed by atoms with E-state index in [1.807, 2.05) is 123 Å². The molecular weight excluding hydrogens is 520 g/mol. The van der Waals surface area contributed by atoms with Crippen molar-refractivity contribution in [3.05, 3.63) is 126 Å². The average Bonchev–Trinajstić information content (AvgIpc) is 3.45. The molecule has 40 heavy (non-hydrogen) atoms. The summed E-state index contributed by atoms with van der Waals surface area (Å²) >= 11 is 6.41. The predicted molar refractivity (Wildman–Crippen MR) is 161 cm³/mol. The van der Waals surface area contributed by atoms with Crippen molar-refractivity contribution in [2.24, 2.45) is 0 Å². The first kappa shape index (κ1) is 25.7. The second kappa shape index (κ2) is 10.5. The van der Waals surface area contributed by atoms with E-state index in [9.17, 15) is 9.59 Å². The van der Waals surface area contributed by atoms with Crippen LogP contribution in [-0.2, 0) is 4.79 Å². The second-order valence-electron chi connectivity index (χ2n) is 10.2. The number of carbonyl (C=O) groups is 2. The highest BCUT2D eigenvalue weighted by Gasteiger charge is 2.37. The molecule has 1 aliphatic heterocycles. The highest BCUT2D eigenvalue weighted by atomic mass is 35.5. The van der Waals surface area contributed by atoms with Gasteiger partial charge in [-0.2, -0.15) is 0 Å². The molecule has 6 nitrogen and oxygen atoms in total. The number of benzene rings is 4. The lowest BCUT2D eigenvalue weighted by Gasteiger charge is -2.40. The largest absolute Gasteiger partial charge is 0.322 e. The van der Waals surface area contributed by atoms with Gasteiger partial charge in [0.15, 0.2) is 0 Å². The van der Waals surface area contributed by atoms with Crippen molar-refractivity contribution in [2.45, 2.75) is 25.9 Å². The van der Waals surface area contributed by atoms with Crippen molar-refractivity contribution < 1.29 is 9.59 Å². The summed E-state index contributed by atoms with van der Waals surface area (Å²) in [5, 5.41) is 5.62. The number of urea groups is 1. The molecule has 1 aromatic heterocycles. The fourth-order valence-electron chi connectivity index (χ4n) is 5.49. The van der Waals surface area contributed by atoms with E-state index in [-0.39, 0.29) is 24.5 Å². The van der Waals surface area contributed by atoms with E-state index in [0.717, 1.165) is 33.4 Å². The number of fused-ring (bicyclic) bond motifs is 4. The molecule has 200 valence electrons. The Morgan fingerprint density at radius 1 is 0.875 bits per heavy atom. The van der Waals surface area contributed by atoms with E-state index in [1.54, 1.807) is 9.80 Å². The minimum absolute atomic E-state index is 0.0969. The number of anilines is 2. The maximum atomic E-state index is 14.3. The minimum Gasteiger partial charge on any atom is -0.316 e. The number of para-hydroxylation sites is 2. The molecule has 1 N–H and O–H groups in total. The van der Waals surface area contributed by atoms with Crippen LogP contribution in [0.4, 0.5) is 16.2 Å². The number of rotatable bonds is 5. The molecule has 4 aromatic carbocycles. The molecule has 0 radical (unpaired) electrons. The number of carbonyl (C=O) groups excluding carboxylic acids is 2. The smallest absolute Gasteiger partial charge is 0.316 e. The summed E-state index contributed by atoms with van der Waals surface area (Å²) in [5.41, 5.74) is 4.24. The van der Waals surface area contributed by atoms with Crippen LogP contribution >= 0.6 is 11.6 Å². The highest BCUT2D eigenvalue weighted by Crippen LogP contribution is 2.42. The number of amides is 3. The first-order valence-corrected chi connectivity index (χ1v) is 13.7. The first-order chi connectivity index (χ1) is 19.4. The van der Waals surface area contributed by atoms with Crippen LogP contribution in [0.2, 0.25) is 5.02 Å². The number of nitrogens with zero attached hydrogens (tertiary/aromatic N) is 3. The van der Waals surface area contributed by atoms with Gasteiger partial charge in [-0.15, -0.1) is 0 Å². The zero-order valence-corrected chi connectivity index (χ0v) is 23.0. The maximum Gasteiger partial charge on any atom is 0.322 e. The number of halogens is 1. The molecule has 5 aromatic rings. The Hall–Kier alpha value is -4.55. The maximum absolute atomic E-state index is 14.3. The van der Waals surface area contributed by atoms with Gasteiger partial charge in [-0.25, -0.2) is 4.79 Å². The molecule has 6 rings (SSSR count). The normalized spacial score (nSPS) is 14.1. The van der Waals surface area contributed by atoms with Crippen molar-refractivity contribution in [3.63, 3.8) is 0 Å². The Morgan fingerprint density at radius 2 is 1.60 bits per heavy atom. The summed E-state index contributed by atoms with van der Waals surface area (Å²) in [4.78, 5) is 31.3. The van der Waals surface area contributed by atoms with Crippen molar-refractivity contribution in [3.8, 4) is 5.69 Å². The van der Waals surface area contributed by atoms with Crippen molar-refractivity contribution in [1.29, 1.82) is 0 Å². The Kier molecular flexibility index (Phi) is 6.78. The quantitative estimate of drug-likeness (QED) is 0.245. The minimum atomic E-state index is -0.411. The van der Waals surface area contributed by atoms with Crippen LogP contribution in [0.1, 0.15) is 31.1 Å². The molecule has 0 fully saturated rings. The summed E-state index contributed by atoms with van der Waals surface area (Å²) in [6.07, 6.45) is 2.01. The Morgan fingerprint density at radius 3 is 2.40 bits per heavy atom. The second-order valence-corrected chi connectivity index (χ2v) is 10.6. The van der Waals surface area contributed by atoms with Crippen LogP contribution in [0.3, 0.4) is 0 Å². The topological polar surface area (TPSA) is 57.6 Å². The van der Waals surface area contributed by atoms with Gasteiger partial charge < -0.3 is 14.8 Å². The van der Waals surface area contributed by atoms with Crippen LogP contribution in [0.15, 0.2) is 109 Å². The van der Waals surface area contributed by atoms with Gasteiger partial charge in [0.1, 0.15) is 12.6 Å². The lowest BCUT2D eigenvalue weighted by atomic mass is 9.97. The third-order valence-corrected chi connectivity index (χ3v) is 7.61. The zero-order valence-electron chi connectivity index (χ0n) is 22.3. The van der Waals surface area contributed by atoms with E-state index in [1.165, 1.54) is 0 Å². The molecule has 0 bridgehead atoms. The molecule has 2 heterocycles. The molecule has 0 saturated carbocycles. The third-order valence-electron chi connectivity index (χ3n) is 7.37. The van der Waals surface area contributed by atoms with Crippen LogP contribution in [0.5, 0.6) is 0 Å². The predicted octanol–water partition coefficient (Wildman–Crippen LogP) is 7.66. The summed E-state index contributed by atoms with van der Waals surface area (Å²) in [6.45, 7) is 3.74. The van der Waals surface area contributed by atoms with Crippen LogP contribution < -0.4 is 10.2 Å². The first-order valence-electron chi connectivity index (χ1n) is 13.3. The van der Waals surface area contributed by atoms with E-state index in [2.05, 4.69) is 9.88 Å². The van der Waals surface area contributed by atoms with Gasteiger partial charge in [0.25, 0.3) is 0 Å². The third kappa shape index (κ3) is 4.61. The van der Waals surface area contributed by atoms with Crippen LogP contribution in [0.25, 0.3) is 16.5 Å². The molecule has 0 aliphatic carbocycles. The summed E-state index contributed by atoms with van der Waals surface area (Å²) in [7, 11) is 0. The highest BCUT2D eigenvalue weighted by molar-refractivity contribution is 6.30. The van der Waals surface area contributed by atoms with E-state index < -0.39 is 6.04 Å². The summed E-state index contributed by atoms with van der Waals surface area (Å²) in [5.74, 6) is -0.188. The standard InChI is InChI=1S/C33H29ClN4O2/c1-22(2)37(33(40)35-27-15-8-11-23-10-3-4-14-26(23)27)21-31(39)38-29-17-6-5-16-28(29)36-19-9-18-30(36)32(38)24-12-7-13-25(34)20-24/h3-20,22,32H,21H2,1-2H3,(H,35,40)/t32-/m1/s1. The number of aromatic nitrogens is 1. The van der Waals surface area contributed by atoms with Gasteiger partial charge in [-0.05, 0) is 67.3 Å². The van der Waals surface area contributed by atoms with Crippen molar-refractivity contribution >= 4 is 45.7 Å². The molecule has 1 aliphatic rings. The molecule has 0 unspecified atom stereocenters. The van der Waals surface area contributed by atoms with Gasteiger partial charge in [0.05, 0.1) is 22.8 Å². The Balaban J connectivity index is 1.36. The lowest BCUT2D eigenvalue weighted by Crippen LogP contribution is -2.49. The SMILES string of the molecule is CC(C)N(CC(=O)N1c2ccccc2-n2cccc2[C@H]1c1cccc(Cl)c1)C(=O)Nc1cccc2ccccc12. The van der Waals surface area contributed by atoms with Crippen molar-refractivity contribution in [2.75, 3.05) is 16.8 Å². The molecule has 3 amide bonds. The molecule has 1 atom stereocenters. The monoisotopic (exact) mass is 548 g/mol. The summed E-state index contributed by atoms with van der Waals surface area (Å²) in [6, 6.07) is 32.2. The van der Waals surface area contributed by atoms with E-state index >= 15 is 0 Å². The number of hydrogen-bond acceptors (Lipinski definition) is 2. The van der Waals surface area contributed by atoms with Gasteiger partial charge in [0, 0.05) is 22.6 Å². The lowest BCUT2D eigenvalue weighted by molar-refractivity contribution is -0.119. The van der Waals surface area contributed by atoms with Crippen molar-refractivity contribution in [1.82, 2.24) is 9.47 Å². The summed E-state index contributed by atoms with van der Waals surface area (Å²) < 4.78 is 2.11. The fourth-order valence-corrected chi connectivity index (χ4v) is 5.69. The van der Waals surface area contributed by atoms with E-state index in [0.29, 0.717) is 10.7 Å². The average molecular weight is 549 g/mol. The van der Waals surface area contributed by atoms with Gasteiger partial charge in [-0.3, -0.25) is 9.69 Å². The van der Waals surface area contributed by atoms with Crippen LogP contribution in [-0.4, -0.2) is 34.0 Å². The van der Waals surface area contributed by atoms with E-state index in [4.69, 9.17) is 11.6 Å². The Bertz CT molecular complexity index is 1720. The molecular formula is C33H29ClN4O2. The van der Waals surface area contributed by atoms with Gasteiger partial charge in [-0.1, -0.05) is 72.3 Å².